The van der Waals surface area contributed by atoms with Gasteiger partial charge in [0.05, 0.1) is 32.5 Å². The number of aliphatic carboxylic acids is 1. The van der Waals surface area contributed by atoms with Crippen LogP contribution in [0.25, 0.3) is 0 Å². The molecule has 26 N–H and O–H groups in total. The molecule has 3 rings (SSSR count). The van der Waals surface area contributed by atoms with Crippen LogP contribution < -0.4 is 93.3 Å². The lowest BCUT2D eigenvalue weighted by Gasteiger charge is -2.30. The van der Waals surface area contributed by atoms with Gasteiger partial charge in [-0.1, -0.05) is 43.2 Å². The van der Waals surface area contributed by atoms with Gasteiger partial charge in [-0.15, -0.1) is 0 Å². The number of aliphatic imine (C=N–C) groups is 2. The van der Waals surface area contributed by atoms with Crippen LogP contribution in [0.5, 0.6) is 0 Å². The van der Waals surface area contributed by atoms with Gasteiger partial charge in [-0.2, -0.15) is 0 Å². The first kappa shape index (κ1) is 70.7. The highest BCUT2D eigenvalue weighted by molar-refractivity contribution is 8.77. The van der Waals surface area contributed by atoms with Crippen LogP contribution >= 0.6 is 43.2 Å². The summed E-state index contributed by atoms with van der Waals surface area (Å²) in [5, 5.41) is 44.0. The molecule has 3 saturated heterocycles. The molecule has 0 spiro atoms. The smallest absolute Gasteiger partial charge is 0.305 e. The molecular weight excluding hydrogens is 1190 g/mol. The molecule has 3 aliphatic rings. The summed E-state index contributed by atoms with van der Waals surface area (Å²) in [6, 6.07) is -16.8. The van der Waals surface area contributed by atoms with Gasteiger partial charge >= 0.3 is 5.97 Å². The number of hydrogen-bond acceptors (Lipinski definition) is 22. The minimum atomic E-state index is -1.94. The van der Waals surface area contributed by atoms with E-state index in [1.807, 2.05) is 0 Å². The van der Waals surface area contributed by atoms with Gasteiger partial charge in [0.15, 0.2) is 11.9 Å². The molecule has 0 aromatic carbocycles. The van der Waals surface area contributed by atoms with Crippen LogP contribution in [0.3, 0.4) is 0 Å². The first-order valence-electron chi connectivity index (χ1n) is 25.7. The second kappa shape index (κ2) is 36.2. The molecule has 0 saturated carbocycles. The van der Waals surface area contributed by atoms with Gasteiger partial charge < -0.3 is 108 Å². The number of aliphatic hydroxyl groups excluding tert-OH is 1. The van der Waals surface area contributed by atoms with Crippen LogP contribution in [0.4, 0.5) is 0 Å². The number of nitrogens with zero attached hydrogens (tertiary/aromatic N) is 3. The Morgan fingerprint density at radius 3 is 1.63 bits per heavy atom. The third-order valence-corrected chi connectivity index (χ3v) is 17.0. The van der Waals surface area contributed by atoms with Gasteiger partial charge in [-0.3, -0.25) is 77.1 Å². The zero-order valence-corrected chi connectivity index (χ0v) is 48.4. The van der Waals surface area contributed by atoms with Gasteiger partial charge in [0.1, 0.15) is 60.4 Å². The second-order valence-electron chi connectivity index (χ2n) is 18.7. The van der Waals surface area contributed by atoms with E-state index in [2.05, 4.69) is 63.2 Å². The fraction of sp³-hybridized carbons (Fsp3) is 0.636. The molecule has 3 heterocycles. The summed E-state index contributed by atoms with van der Waals surface area (Å²) in [5.74, 6) is -17.9. The van der Waals surface area contributed by atoms with E-state index in [0.717, 1.165) is 48.1 Å². The standard InChI is InChI=1S/C44H72N20O16S4/c45-12-30(67)56-25-16-82-84-17-26-39(77)59-21(10-29(46)66)36(74)57-19(4-1-7-52-43(48)49)34(72)54-13-31(68)55-24(33(47)71)15-81-83-18-27(63-38(25)76)40(78)61-23(14-65)37(75)60-22(11-32(69)70)42(80)64-9-3-6-28(64)41(79)58-20(35(73)62-26)5-2-8-53-44(50)51/h19-28,65H,1-18,45H2,(H2,46,66)(H2,47,71)(H,54,72)(H,55,68)(H,56,67)(H,57,74)(H,58,79)(H,59,77)(H,60,75)(H,61,78)(H,62,73)(H,63,76)(H,69,70)(H4,48,49,52)(H4,50,51,53)/t19-,20-,21-,22-,23-,24-,25-,26-,27-,28-/m0/s1. The summed E-state index contributed by atoms with van der Waals surface area (Å²) >= 11 is 0. The van der Waals surface area contributed by atoms with Crippen molar-refractivity contribution >= 4 is 138 Å². The predicted octanol–water partition coefficient (Wildman–Crippen LogP) is -10.9. The average Bonchev–Trinajstić information content (AvgIpc) is 3.76. The van der Waals surface area contributed by atoms with Gasteiger partial charge in [0.25, 0.3) is 0 Å². The minimum Gasteiger partial charge on any atom is -0.481 e. The Morgan fingerprint density at radius 2 is 1.08 bits per heavy atom. The Balaban J connectivity index is 2.32. The van der Waals surface area contributed by atoms with E-state index < -0.39 is 187 Å². The molecule has 3 fully saturated rings. The van der Waals surface area contributed by atoms with Gasteiger partial charge in [-0.25, -0.2) is 0 Å². The lowest BCUT2D eigenvalue weighted by atomic mass is 10.1. The van der Waals surface area contributed by atoms with Crippen molar-refractivity contribution in [2.24, 2.45) is 50.1 Å². The van der Waals surface area contributed by atoms with Gasteiger partial charge in [-0.05, 0) is 38.5 Å². The number of aliphatic hydroxyl groups is 1. The third kappa shape index (κ3) is 24.7. The highest BCUT2D eigenvalue weighted by Crippen LogP contribution is 2.26. The van der Waals surface area contributed by atoms with Crippen LogP contribution in [-0.2, 0) is 67.1 Å². The number of guanidine groups is 2. The second-order valence-corrected chi connectivity index (χ2v) is 23.8. The molecule has 0 aliphatic carbocycles. The zero-order valence-electron chi connectivity index (χ0n) is 45.1. The van der Waals surface area contributed by atoms with E-state index in [4.69, 9.17) is 40.1 Å². The molecular formula is C44H72N20O16S4. The number of nitrogens with two attached hydrogens (primary N) is 7. The summed E-state index contributed by atoms with van der Waals surface area (Å²) in [6.07, 6.45) is -2.33. The first-order valence-corrected chi connectivity index (χ1v) is 30.7. The number of carbonyl (C=O) groups excluding carboxylic acids is 13. The lowest BCUT2D eigenvalue weighted by Crippen LogP contribution is -2.61. The van der Waals surface area contributed by atoms with E-state index >= 15 is 0 Å². The Morgan fingerprint density at radius 1 is 0.583 bits per heavy atom. The summed E-state index contributed by atoms with van der Waals surface area (Å²) < 4.78 is 0. The number of carboxylic acid groups (broad SMARTS) is 1. The quantitative estimate of drug-likeness (QED) is 0.0295. The summed E-state index contributed by atoms with van der Waals surface area (Å²) in [4.78, 5) is 199. The van der Waals surface area contributed by atoms with E-state index in [1.54, 1.807) is 0 Å². The molecule has 10 atom stereocenters. The summed E-state index contributed by atoms with van der Waals surface area (Å²) in [6.45, 7) is -2.96. The molecule has 0 aromatic rings. The molecule has 84 heavy (non-hydrogen) atoms. The number of carboxylic acids is 1. The number of amides is 13. The Hall–Kier alpha value is -7.56. The maximum Gasteiger partial charge on any atom is 0.305 e. The van der Waals surface area contributed by atoms with Gasteiger partial charge in [0, 0.05) is 42.6 Å². The highest BCUT2D eigenvalue weighted by Gasteiger charge is 2.41. The van der Waals surface area contributed by atoms with Crippen LogP contribution in [-0.4, -0.2) is 233 Å². The summed E-state index contributed by atoms with van der Waals surface area (Å²) in [7, 11) is 3.27. The number of primary amides is 2. The van der Waals surface area contributed by atoms with E-state index in [1.165, 1.54) is 0 Å². The number of nitrogens with one attached hydrogen (secondary N) is 10. The molecule has 3 aliphatic heterocycles. The molecule has 36 nitrogen and oxygen atoms in total. The topological polar surface area (TPSA) is 610 Å². The van der Waals surface area contributed by atoms with Crippen LogP contribution in [0.15, 0.2) is 9.98 Å². The lowest BCUT2D eigenvalue weighted by molar-refractivity contribution is -0.146. The number of fused-ring (bicyclic) bond motifs is 9. The Labute approximate surface area is 495 Å². The van der Waals surface area contributed by atoms with Crippen molar-refractivity contribution in [3.63, 3.8) is 0 Å². The molecule has 0 unspecified atom stereocenters. The molecule has 13 amide bonds. The highest BCUT2D eigenvalue weighted by atomic mass is 33.1. The predicted molar refractivity (Wildman–Crippen MR) is 306 cm³/mol. The molecule has 40 heteroatoms. The van der Waals surface area contributed by atoms with Crippen LogP contribution in [0.2, 0.25) is 0 Å². The van der Waals surface area contributed by atoms with Crippen molar-refractivity contribution in [2.45, 2.75) is 112 Å². The maximum atomic E-state index is 14.5. The largest absolute Gasteiger partial charge is 0.481 e. The fourth-order valence-corrected chi connectivity index (χ4v) is 12.6. The van der Waals surface area contributed by atoms with E-state index in [-0.39, 0.29) is 81.6 Å². The van der Waals surface area contributed by atoms with Crippen molar-refractivity contribution in [3.05, 3.63) is 0 Å². The van der Waals surface area contributed by atoms with Crippen molar-refractivity contribution < 1.29 is 77.3 Å². The fourth-order valence-electron chi connectivity index (χ4n) is 7.93. The number of carbonyl (C=O) groups is 14. The van der Waals surface area contributed by atoms with Crippen molar-refractivity contribution in [1.82, 2.24) is 58.1 Å². The van der Waals surface area contributed by atoms with Crippen LogP contribution in [0.1, 0.15) is 51.4 Å². The monoisotopic (exact) mass is 1260 g/mol. The zero-order chi connectivity index (χ0) is 62.6. The molecule has 0 radical (unpaired) electrons. The summed E-state index contributed by atoms with van der Waals surface area (Å²) in [5.41, 5.74) is 38.6. The first-order chi connectivity index (χ1) is 39.7. The van der Waals surface area contributed by atoms with Crippen molar-refractivity contribution in [3.8, 4) is 0 Å². The number of hydrogen-bond donors (Lipinski definition) is 19. The Bertz CT molecular complexity index is 2490. The molecule has 2 bridgehead atoms. The number of rotatable bonds is 16. The minimum absolute atomic E-state index is 0.00317. The normalized spacial score (nSPS) is 26.3. The van der Waals surface area contributed by atoms with Crippen LogP contribution in [0, 0.1) is 0 Å². The van der Waals surface area contributed by atoms with Crippen molar-refractivity contribution in [1.29, 1.82) is 0 Å². The Kier molecular flexibility index (Phi) is 30.5. The molecule has 468 valence electrons. The van der Waals surface area contributed by atoms with E-state index in [9.17, 15) is 77.3 Å². The SMILES string of the molecule is NCC(=O)N[C@H]1CSSC[C@@H]2NC(=O)[C@H](CCCN=C(N)N)NC(=O)[C@@H]3CCCN3C(=O)[C@H](CC(=O)O)NC(=O)[C@H](CO)NC(=O)[C@H](CSSC[C@@H](C(N)=O)NC(=O)CNC(=O)[C@H](CCCN=C(N)N)NC(=O)[C@H](CC(N)=O)NC2=O)NC1=O. The van der Waals surface area contributed by atoms with Crippen molar-refractivity contribution in [2.75, 3.05) is 62.3 Å². The van der Waals surface area contributed by atoms with E-state index in [0.29, 0.717) is 0 Å². The maximum absolute atomic E-state index is 14.5. The average molecular weight is 1270 g/mol. The molecule has 0 aromatic heterocycles. The third-order valence-electron chi connectivity index (χ3n) is 12.2. The van der Waals surface area contributed by atoms with Gasteiger partial charge in [0.2, 0.25) is 76.8 Å².